The Kier molecular flexibility index (Phi) is 7.91. The molecule has 0 aliphatic rings. The smallest absolute Gasteiger partial charge is 0.243 e. The second kappa shape index (κ2) is 11.0. The van der Waals surface area contributed by atoms with Gasteiger partial charge in [0.25, 0.3) is 0 Å². The first kappa shape index (κ1) is 23.7. The van der Waals surface area contributed by atoms with E-state index in [9.17, 15) is 18.8 Å². The number of amides is 3. The van der Waals surface area contributed by atoms with E-state index in [0.717, 1.165) is 11.1 Å². The number of benzene rings is 3. The molecule has 0 spiro atoms. The van der Waals surface area contributed by atoms with Crippen LogP contribution in [0.5, 0.6) is 0 Å². The van der Waals surface area contributed by atoms with Crippen molar-refractivity contribution in [2.75, 3.05) is 0 Å². The summed E-state index contributed by atoms with van der Waals surface area (Å²) in [7, 11) is 0. The molecule has 0 heterocycles. The van der Waals surface area contributed by atoms with Gasteiger partial charge in [-0.2, -0.15) is 0 Å². The van der Waals surface area contributed by atoms with E-state index in [0.29, 0.717) is 0 Å². The van der Waals surface area contributed by atoms with Crippen LogP contribution in [0.25, 0.3) is 0 Å². The number of hydrogen-bond donors (Lipinski definition) is 3. The van der Waals surface area contributed by atoms with E-state index in [4.69, 9.17) is 5.73 Å². The van der Waals surface area contributed by atoms with Gasteiger partial charge < -0.3 is 16.4 Å². The topological polar surface area (TPSA) is 101 Å². The molecule has 170 valence electrons. The summed E-state index contributed by atoms with van der Waals surface area (Å²) in [5.41, 5.74) is 7.59. The Hall–Kier alpha value is -4.00. The summed E-state index contributed by atoms with van der Waals surface area (Å²) in [4.78, 5) is 37.5. The average molecular weight is 448 g/mol. The summed E-state index contributed by atoms with van der Waals surface area (Å²) in [5, 5.41) is 5.26. The van der Waals surface area contributed by atoms with E-state index in [2.05, 4.69) is 10.6 Å². The third-order valence-corrected chi connectivity index (χ3v) is 5.33. The van der Waals surface area contributed by atoms with Gasteiger partial charge in [0.15, 0.2) is 0 Å². The molecule has 3 aromatic rings. The van der Waals surface area contributed by atoms with Crippen LogP contribution in [0.15, 0.2) is 84.9 Å². The molecule has 6 nitrogen and oxygen atoms in total. The predicted molar refractivity (Wildman–Crippen MR) is 124 cm³/mol. The fourth-order valence-electron chi connectivity index (χ4n) is 3.81. The van der Waals surface area contributed by atoms with Gasteiger partial charge in [-0.1, -0.05) is 78.9 Å². The van der Waals surface area contributed by atoms with E-state index < -0.39 is 41.5 Å². The van der Waals surface area contributed by atoms with Crippen molar-refractivity contribution in [3.63, 3.8) is 0 Å². The van der Waals surface area contributed by atoms with Gasteiger partial charge in [0.05, 0.1) is 0 Å². The molecule has 0 bridgehead atoms. The van der Waals surface area contributed by atoms with Crippen molar-refractivity contribution in [2.24, 2.45) is 5.73 Å². The van der Waals surface area contributed by atoms with Gasteiger partial charge >= 0.3 is 0 Å². The highest BCUT2D eigenvalue weighted by Gasteiger charge is 2.33. The van der Waals surface area contributed by atoms with Crippen LogP contribution in [0.2, 0.25) is 0 Å². The molecule has 0 radical (unpaired) electrons. The minimum Gasteiger partial charge on any atom is -0.368 e. The molecular formula is C26H26FN3O3. The SMILES string of the molecule is CC(=O)N[C@@H](Cc1ccccc1F)C(=O)N[C@@H](C(N)=O)C(c1ccccc1)c1ccccc1. The van der Waals surface area contributed by atoms with Crippen molar-refractivity contribution in [1.29, 1.82) is 0 Å². The number of carbonyl (C=O) groups is 3. The molecule has 0 saturated heterocycles. The van der Waals surface area contributed by atoms with Gasteiger partial charge in [-0.25, -0.2) is 4.39 Å². The third-order valence-electron chi connectivity index (χ3n) is 5.33. The third kappa shape index (κ3) is 6.26. The first-order chi connectivity index (χ1) is 15.9. The van der Waals surface area contributed by atoms with E-state index in [-0.39, 0.29) is 12.0 Å². The van der Waals surface area contributed by atoms with Gasteiger partial charge in [-0.15, -0.1) is 0 Å². The lowest BCUT2D eigenvalue weighted by molar-refractivity contribution is -0.131. The molecule has 3 amide bonds. The summed E-state index contributed by atoms with van der Waals surface area (Å²) in [6.45, 7) is 1.27. The first-order valence-electron chi connectivity index (χ1n) is 10.6. The largest absolute Gasteiger partial charge is 0.368 e. The molecule has 3 aromatic carbocycles. The van der Waals surface area contributed by atoms with Crippen LogP contribution in [0, 0.1) is 5.82 Å². The van der Waals surface area contributed by atoms with E-state index in [1.54, 1.807) is 18.2 Å². The second-order valence-corrected chi connectivity index (χ2v) is 7.74. The Morgan fingerprint density at radius 3 is 1.82 bits per heavy atom. The van der Waals surface area contributed by atoms with Crippen LogP contribution < -0.4 is 16.4 Å². The van der Waals surface area contributed by atoms with Crippen molar-refractivity contribution in [2.45, 2.75) is 31.3 Å². The maximum atomic E-state index is 14.2. The zero-order valence-electron chi connectivity index (χ0n) is 18.2. The summed E-state index contributed by atoms with van der Waals surface area (Å²) < 4.78 is 14.2. The first-order valence-corrected chi connectivity index (χ1v) is 10.6. The lowest BCUT2D eigenvalue weighted by atomic mass is 9.84. The molecule has 3 rings (SSSR count). The molecule has 33 heavy (non-hydrogen) atoms. The normalized spacial score (nSPS) is 12.6. The minimum absolute atomic E-state index is 0.0785. The van der Waals surface area contributed by atoms with Crippen molar-refractivity contribution in [1.82, 2.24) is 10.6 Å². The number of halogens is 1. The van der Waals surface area contributed by atoms with Crippen molar-refractivity contribution in [3.05, 3.63) is 107 Å². The summed E-state index contributed by atoms with van der Waals surface area (Å²) in [6, 6.07) is 22.3. The monoisotopic (exact) mass is 447 g/mol. The van der Waals surface area contributed by atoms with Crippen molar-refractivity contribution < 1.29 is 18.8 Å². The molecule has 0 aromatic heterocycles. The Bertz CT molecular complexity index is 1070. The molecule has 0 aliphatic carbocycles. The molecule has 0 fully saturated rings. The van der Waals surface area contributed by atoms with Gasteiger partial charge in [0.2, 0.25) is 17.7 Å². The van der Waals surface area contributed by atoms with Crippen molar-refractivity contribution >= 4 is 17.7 Å². The lowest BCUT2D eigenvalue weighted by Crippen LogP contribution is -2.55. The highest BCUT2D eigenvalue weighted by atomic mass is 19.1. The van der Waals surface area contributed by atoms with E-state index >= 15 is 0 Å². The van der Waals surface area contributed by atoms with Gasteiger partial charge in [-0.05, 0) is 22.8 Å². The fourth-order valence-corrected chi connectivity index (χ4v) is 3.81. The van der Waals surface area contributed by atoms with Crippen LogP contribution in [-0.4, -0.2) is 29.8 Å². The quantitative estimate of drug-likeness (QED) is 0.470. The number of hydrogen-bond acceptors (Lipinski definition) is 3. The van der Waals surface area contributed by atoms with E-state index in [1.165, 1.54) is 13.0 Å². The van der Waals surface area contributed by atoms with Crippen LogP contribution in [-0.2, 0) is 20.8 Å². The Morgan fingerprint density at radius 1 is 0.818 bits per heavy atom. The van der Waals surface area contributed by atoms with Gasteiger partial charge in [0, 0.05) is 19.3 Å². The molecule has 0 aliphatic heterocycles. The Labute approximate surface area is 192 Å². The molecule has 0 unspecified atom stereocenters. The molecule has 2 atom stereocenters. The number of carbonyl (C=O) groups excluding carboxylic acids is 3. The summed E-state index contributed by atoms with van der Waals surface area (Å²) >= 11 is 0. The van der Waals surface area contributed by atoms with Crippen LogP contribution in [0.4, 0.5) is 4.39 Å². The standard InChI is InChI=1S/C26H26FN3O3/c1-17(31)29-22(16-20-14-8-9-15-21(20)27)26(33)30-24(25(28)32)23(18-10-4-2-5-11-18)19-12-6-3-7-13-19/h2-15,22-24H,16H2,1H3,(H2,28,32)(H,29,31)(H,30,33)/t22-,24+/m0/s1. The van der Waals surface area contributed by atoms with Gasteiger partial charge in [0.1, 0.15) is 17.9 Å². The second-order valence-electron chi connectivity index (χ2n) is 7.74. The van der Waals surface area contributed by atoms with Gasteiger partial charge in [-0.3, -0.25) is 14.4 Å². The minimum atomic E-state index is -1.10. The van der Waals surface area contributed by atoms with Crippen molar-refractivity contribution in [3.8, 4) is 0 Å². The predicted octanol–water partition coefficient (Wildman–Crippen LogP) is 2.68. The Morgan fingerprint density at radius 2 is 1.33 bits per heavy atom. The fraction of sp³-hybridized carbons (Fsp3) is 0.192. The van der Waals surface area contributed by atoms with E-state index in [1.807, 2.05) is 60.7 Å². The zero-order chi connectivity index (χ0) is 23.8. The lowest BCUT2D eigenvalue weighted by Gasteiger charge is -2.28. The molecule has 0 saturated carbocycles. The molecular weight excluding hydrogens is 421 g/mol. The number of nitrogens with one attached hydrogen (secondary N) is 2. The molecule has 7 heteroatoms. The summed E-state index contributed by atoms with van der Waals surface area (Å²) in [6.07, 6.45) is -0.0785. The van der Waals surface area contributed by atoms with Crippen LogP contribution in [0.3, 0.4) is 0 Å². The average Bonchev–Trinajstić information content (AvgIpc) is 2.80. The number of primary amides is 1. The zero-order valence-corrected chi connectivity index (χ0v) is 18.2. The summed E-state index contributed by atoms with van der Waals surface area (Å²) in [5.74, 6) is -2.86. The maximum Gasteiger partial charge on any atom is 0.243 e. The van der Waals surface area contributed by atoms with Crippen LogP contribution in [0.1, 0.15) is 29.5 Å². The Balaban J connectivity index is 1.93. The maximum absolute atomic E-state index is 14.2. The highest BCUT2D eigenvalue weighted by Crippen LogP contribution is 2.28. The highest BCUT2D eigenvalue weighted by molar-refractivity contribution is 5.92. The molecule has 4 N–H and O–H groups in total. The number of nitrogens with two attached hydrogens (primary N) is 1. The van der Waals surface area contributed by atoms with Crippen LogP contribution >= 0.6 is 0 Å². The number of rotatable bonds is 9.